The van der Waals surface area contributed by atoms with Gasteiger partial charge in [0.2, 0.25) is 5.28 Å². The fourth-order valence-electron chi connectivity index (χ4n) is 5.72. The number of hydrogen-bond donors (Lipinski definition) is 3. The SMILES string of the molecule is C[C@@H]1[C@H](C)[C@H](COCP(=O)(O)O)O[C@@H]1c1c[nH]c2c(N3CC4CCCC4C3)nc(Cl)nc12. The van der Waals surface area contributed by atoms with Crippen molar-refractivity contribution in [2.75, 3.05) is 30.9 Å². The van der Waals surface area contributed by atoms with Gasteiger partial charge in [-0.3, -0.25) is 4.57 Å². The van der Waals surface area contributed by atoms with Gasteiger partial charge in [-0.05, 0) is 48.1 Å². The van der Waals surface area contributed by atoms with E-state index in [0.717, 1.165) is 47.3 Å². The van der Waals surface area contributed by atoms with Crippen molar-refractivity contribution >= 4 is 36.0 Å². The first kappa shape index (κ1) is 22.6. The molecule has 2 aromatic rings. The van der Waals surface area contributed by atoms with Crippen LogP contribution in [0, 0.1) is 23.7 Å². The fourth-order valence-corrected chi connectivity index (χ4v) is 6.23. The quantitative estimate of drug-likeness (QED) is 0.419. The van der Waals surface area contributed by atoms with E-state index >= 15 is 0 Å². The van der Waals surface area contributed by atoms with Gasteiger partial charge in [-0.15, -0.1) is 0 Å². The van der Waals surface area contributed by atoms with E-state index in [1.54, 1.807) is 0 Å². The maximum Gasteiger partial charge on any atom is 0.350 e. The number of aromatic amines is 1. The molecule has 3 fully saturated rings. The van der Waals surface area contributed by atoms with Crippen LogP contribution in [0.2, 0.25) is 5.28 Å². The minimum Gasteiger partial charge on any atom is -0.367 e. The molecule has 0 bridgehead atoms. The normalized spacial score (nSPS) is 32.8. The van der Waals surface area contributed by atoms with Crippen molar-refractivity contribution in [3.8, 4) is 0 Å². The van der Waals surface area contributed by atoms with Crippen LogP contribution < -0.4 is 4.90 Å². The molecule has 0 radical (unpaired) electrons. The summed E-state index contributed by atoms with van der Waals surface area (Å²) in [5.74, 6) is 2.65. The second kappa shape index (κ2) is 8.53. The summed E-state index contributed by atoms with van der Waals surface area (Å²) < 4.78 is 22.6. The highest BCUT2D eigenvalue weighted by Crippen LogP contribution is 2.46. The van der Waals surface area contributed by atoms with Crippen LogP contribution in [0.15, 0.2) is 6.20 Å². The fraction of sp³-hybridized carbons (Fsp3) is 0.714. The van der Waals surface area contributed by atoms with Crippen LogP contribution in [0.1, 0.15) is 44.8 Å². The summed E-state index contributed by atoms with van der Waals surface area (Å²) in [5, 5.41) is 0.227. The van der Waals surface area contributed by atoms with Crippen molar-refractivity contribution in [2.24, 2.45) is 23.7 Å². The minimum atomic E-state index is -4.20. The molecule has 3 aliphatic rings. The number of nitrogens with zero attached hydrogens (tertiary/aromatic N) is 3. The number of rotatable bonds is 6. The van der Waals surface area contributed by atoms with Gasteiger partial charge in [-0.25, -0.2) is 4.98 Å². The van der Waals surface area contributed by atoms with E-state index in [1.807, 2.05) is 6.20 Å². The molecule has 2 aliphatic heterocycles. The van der Waals surface area contributed by atoms with Crippen molar-refractivity contribution in [3.05, 3.63) is 17.0 Å². The summed E-state index contributed by atoms with van der Waals surface area (Å²) in [6.07, 6.45) is 4.74. The van der Waals surface area contributed by atoms with Crippen LogP contribution in [0.4, 0.5) is 5.82 Å². The molecule has 2 saturated heterocycles. The molecule has 9 nitrogen and oxygen atoms in total. The molecule has 0 spiro atoms. The van der Waals surface area contributed by atoms with Crippen LogP contribution in [0.5, 0.6) is 0 Å². The Hall–Kier alpha value is -1.22. The first-order chi connectivity index (χ1) is 15.2. The molecule has 2 unspecified atom stereocenters. The number of anilines is 1. The predicted octanol–water partition coefficient (Wildman–Crippen LogP) is 3.71. The van der Waals surface area contributed by atoms with E-state index in [-0.39, 0.29) is 35.9 Å². The third-order valence-corrected chi connectivity index (χ3v) is 8.28. The van der Waals surface area contributed by atoms with Gasteiger partial charge in [-0.1, -0.05) is 20.3 Å². The lowest BCUT2D eigenvalue weighted by molar-refractivity contribution is -0.0198. The Kier molecular flexibility index (Phi) is 6.01. The molecule has 2 aromatic heterocycles. The molecular weight excluding hydrogens is 455 g/mol. The average molecular weight is 485 g/mol. The largest absolute Gasteiger partial charge is 0.367 e. The lowest BCUT2D eigenvalue weighted by Gasteiger charge is -2.19. The standard InChI is InChI=1S/C21H30ClN4O5P/c1-11-12(2)19(31-16(11)9-30-10-32(27,28)29)15-6-23-18-17(15)24-21(22)25-20(18)26-7-13-4-3-5-14(13)8-26/h6,11-14,16,19,23H,3-5,7-10H2,1-2H3,(H2,27,28,29)/t11-,12+,13?,14?,16-,19-/m0/s1. The van der Waals surface area contributed by atoms with Crippen molar-refractivity contribution in [3.63, 3.8) is 0 Å². The van der Waals surface area contributed by atoms with Gasteiger partial charge < -0.3 is 29.1 Å². The Morgan fingerprint density at radius 1 is 1.25 bits per heavy atom. The van der Waals surface area contributed by atoms with E-state index in [2.05, 4.69) is 33.7 Å². The molecule has 5 rings (SSSR count). The Bertz CT molecular complexity index is 1030. The van der Waals surface area contributed by atoms with Crippen LogP contribution in [-0.4, -0.2) is 56.9 Å². The van der Waals surface area contributed by atoms with Crippen molar-refractivity contribution in [1.82, 2.24) is 15.0 Å². The molecule has 11 heteroatoms. The molecule has 0 aromatic carbocycles. The Balaban J connectivity index is 1.39. The summed E-state index contributed by atoms with van der Waals surface area (Å²) in [6, 6.07) is 0. The summed E-state index contributed by atoms with van der Waals surface area (Å²) in [5.41, 5.74) is 2.59. The number of H-pyrrole nitrogens is 1. The average Bonchev–Trinajstić information content (AvgIpc) is 3.46. The Morgan fingerprint density at radius 2 is 1.97 bits per heavy atom. The number of ether oxygens (including phenoxy) is 2. The molecule has 32 heavy (non-hydrogen) atoms. The monoisotopic (exact) mass is 484 g/mol. The Morgan fingerprint density at radius 3 is 2.66 bits per heavy atom. The maximum atomic E-state index is 11.1. The number of hydrogen-bond acceptors (Lipinski definition) is 6. The van der Waals surface area contributed by atoms with Gasteiger partial charge >= 0.3 is 7.60 Å². The first-order valence-corrected chi connectivity index (χ1v) is 13.5. The maximum absolute atomic E-state index is 11.1. The predicted molar refractivity (Wildman–Crippen MR) is 121 cm³/mol. The summed E-state index contributed by atoms with van der Waals surface area (Å²) in [7, 11) is -4.20. The second-order valence-corrected chi connectivity index (χ2v) is 11.5. The molecule has 1 aliphatic carbocycles. The van der Waals surface area contributed by atoms with Crippen molar-refractivity contribution in [1.29, 1.82) is 0 Å². The summed E-state index contributed by atoms with van der Waals surface area (Å²) in [4.78, 5) is 32.9. The van der Waals surface area contributed by atoms with Gasteiger partial charge in [0, 0.05) is 24.8 Å². The molecule has 0 amide bonds. The lowest BCUT2D eigenvalue weighted by atomic mass is 9.88. The minimum absolute atomic E-state index is 0.132. The van der Waals surface area contributed by atoms with Gasteiger partial charge in [-0.2, -0.15) is 4.98 Å². The Labute approximate surface area is 192 Å². The van der Waals surface area contributed by atoms with Crippen LogP contribution in [0.25, 0.3) is 11.0 Å². The van der Waals surface area contributed by atoms with Gasteiger partial charge in [0.1, 0.15) is 17.4 Å². The van der Waals surface area contributed by atoms with Gasteiger partial charge in [0.15, 0.2) is 5.82 Å². The van der Waals surface area contributed by atoms with Crippen molar-refractivity contribution in [2.45, 2.75) is 45.3 Å². The highest BCUT2D eigenvalue weighted by atomic mass is 35.5. The number of nitrogens with one attached hydrogen (secondary N) is 1. The van der Waals surface area contributed by atoms with E-state index in [9.17, 15) is 4.57 Å². The highest BCUT2D eigenvalue weighted by molar-refractivity contribution is 7.51. The topological polar surface area (TPSA) is 121 Å². The smallest absolute Gasteiger partial charge is 0.350 e. The third kappa shape index (κ3) is 4.19. The lowest BCUT2D eigenvalue weighted by Crippen LogP contribution is -2.22. The molecule has 3 N–H and O–H groups in total. The molecular formula is C21H30ClN4O5P. The van der Waals surface area contributed by atoms with Crippen LogP contribution >= 0.6 is 19.2 Å². The number of halogens is 1. The van der Waals surface area contributed by atoms with Gasteiger partial charge in [0.25, 0.3) is 0 Å². The van der Waals surface area contributed by atoms with E-state index in [1.165, 1.54) is 19.3 Å². The van der Waals surface area contributed by atoms with Crippen LogP contribution in [0.3, 0.4) is 0 Å². The highest BCUT2D eigenvalue weighted by Gasteiger charge is 2.42. The number of fused-ring (bicyclic) bond motifs is 2. The van der Waals surface area contributed by atoms with E-state index in [0.29, 0.717) is 0 Å². The summed E-state index contributed by atoms with van der Waals surface area (Å²) >= 11 is 6.37. The zero-order valence-electron chi connectivity index (χ0n) is 18.3. The number of aromatic nitrogens is 3. The summed E-state index contributed by atoms with van der Waals surface area (Å²) in [6.45, 7) is 6.33. The molecule has 176 valence electrons. The zero-order chi connectivity index (χ0) is 22.6. The second-order valence-electron chi connectivity index (χ2n) is 9.62. The molecule has 4 heterocycles. The first-order valence-electron chi connectivity index (χ1n) is 11.3. The molecule has 6 atom stereocenters. The van der Waals surface area contributed by atoms with Crippen LogP contribution in [-0.2, 0) is 14.0 Å². The third-order valence-electron chi connectivity index (χ3n) is 7.60. The van der Waals surface area contributed by atoms with Crippen molar-refractivity contribution < 1.29 is 23.8 Å². The zero-order valence-corrected chi connectivity index (χ0v) is 19.9. The van der Waals surface area contributed by atoms with E-state index in [4.69, 9.17) is 30.9 Å². The van der Waals surface area contributed by atoms with E-state index < -0.39 is 13.9 Å². The van der Waals surface area contributed by atoms with Gasteiger partial charge in [0.05, 0.1) is 18.8 Å². The molecule has 1 saturated carbocycles.